The third kappa shape index (κ3) is 4.19. The first-order chi connectivity index (χ1) is 13.7. The van der Waals surface area contributed by atoms with E-state index in [2.05, 4.69) is 5.32 Å². The van der Waals surface area contributed by atoms with Gasteiger partial charge in [0.1, 0.15) is 5.75 Å². The van der Waals surface area contributed by atoms with E-state index in [1.807, 2.05) is 18.2 Å². The van der Waals surface area contributed by atoms with Crippen molar-refractivity contribution < 1.29 is 23.8 Å². The number of hydrogen-bond donors (Lipinski definition) is 1. The van der Waals surface area contributed by atoms with Crippen molar-refractivity contribution in [2.24, 2.45) is 5.92 Å². The zero-order valence-electron chi connectivity index (χ0n) is 15.4. The Morgan fingerprint density at radius 3 is 2.57 bits per heavy atom. The molecule has 1 N–H and O–H groups in total. The van der Waals surface area contributed by atoms with Gasteiger partial charge in [-0.2, -0.15) is 0 Å². The molecule has 0 aliphatic carbocycles. The predicted octanol–water partition coefficient (Wildman–Crippen LogP) is 3.06. The number of amides is 2. The number of rotatable bonds is 4. The third-order valence-electron chi connectivity index (χ3n) is 5.01. The fourth-order valence-corrected chi connectivity index (χ4v) is 3.35. The van der Waals surface area contributed by atoms with Crippen molar-refractivity contribution in [3.05, 3.63) is 54.1 Å². The molecular formula is C21H22N2O5. The number of ether oxygens (including phenoxy) is 3. The average molecular weight is 382 g/mol. The van der Waals surface area contributed by atoms with E-state index in [0.717, 1.165) is 12.8 Å². The van der Waals surface area contributed by atoms with Crippen LogP contribution < -0.4 is 19.5 Å². The zero-order chi connectivity index (χ0) is 19.3. The van der Waals surface area contributed by atoms with Gasteiger partial charge in [-0.1, -0.05) is 18.2 Å². The molecule has 0 unspecified atom stereocenters. The maximum absolute atomic E-state index is 12.4. The molecule has 0 radical (unpaired) electrons. The number of nitrogens with one attached hydrogen (secondary N) is 1. The smallest absolute Gasteiger partial charge is 0.415 e. The standard InChI is InChI=1S/C21H22N2O5/c24-20(16-6-7-18-19(12-16)27-14-26-18)22-13-15-8-10-23(11-9-15)21(25)28-17-4-2-1-3-5-17/h1-7,12,15H,8-11,13-14H2,(H,22,24). The molecule has 2 aromatic carbocycles. The van der Waals surface area contributed by atoms with Gasteiger partial charge in [0, 0.05) is 25.2 Å². The summed E-state index contributed by atoms with van der Waals surface area (Å²) in [6.45, 7) is 2.01. The second-order valence-electron chi connectivity index (χ2n) is 6.89. The SMILES string of the molecule is O=C(NCC1CCN(C(=O)Oc2ccccc2)CC1)c1ccc2c(c1)OCO2. The van der Waals surface area contributed by atoms with Gasteiger partial charge in [0.25, 0.3) is 5.91 Å². The van der Waals surface area contributed by atoms with E-state index in [4.69, 9.17) is 14.2 Å². The van der Waals surface area contributed by atoms with Gasteiger partial charge in [-0.25, -0.2) is 4.79 Å². The van der Waals surface area contributed by atoms with Crippen LogP contribution in [-0.2, 0) is 0 Å². The summed E-state index contributed by atoms with van der Waals surface area (Å²) in [6, 6.07) is 14.2. The molecule has 1 fully saturated rings. The highest BCUT2D eigenvalue weighted by Gasteiger charge is 2.25. The molecule has 0 saturated carbocycles. The van der Waals surface area contributed by atoms with Gasteiger partial charge in [0.15, 0.2) is 11.5 Å². The quantitative estimate of drug-likeness (QED) is 0.879. The maximum Gasteiger partial charge on any atom is 0.415 e. The van der Waals surface area contributed by atoms with Crippen LogP contribution in [0.25, 0.3) is 0 Å². The Morgan fingerprint density at radius 1 is 1.04 bits per heavy atom. The molecule has 1 saturated heterocycles. The number of benzene rings is 2. The minimum absolute atomic E-state index is 0.135. The van der Waals surface area contributed by atoms with Gasteiger partial charge < -0.3 is 24.4 Å². The van der Waals surface area contributed by atoms with Gasteiger partial charge in [-0.3, -0.25) is 4.79 Å². The van der Waals surface area contributed by atoms with Crippen molar-refractivity contribution in [2.45, 2.75) is 12.8 Å². The van der Waals surface area contributed by atoms with Gasteiger partial charge in [0.2, 0.25) is 6.79 Å². The van der Waals surface area contributed by atoms with Crippen molar-refractivity contribution in [3.8, 4) is 17.2 Å². The summed E-state index contributed by atoms with van der Waals surface area (Å²) < 4.78 is 15.9. The summed E-state index contributed by atoms with van der Waals surface area (Å²) in [7, 11) is 0. The van der Waals surface area contributed by atoms with Crippen LogP contribution in [0.3, 0.4) is 0 Å². The Balaban J connectivity index is 1.22. The molecule has 7 nitrogen and oxygen atoms in total. The molecule has 2 aromatic rings. The summed E-state index contributed by atoms with van der Waals surface area (Å²) in [5.41, 5.74) is 0.549. The fraction of sp³-hybridized carbons (Fsp3) is 0.333. The Bertz CT molecular complexity index is 847. The van der Waals surface area contributed by atoms with Crippen LogP contribution in [0.5, 0.6) is 17.2 Å². The molecule has 0 bridgehead atoms. The van der Waals surface area contributed by atoms with Crippen LogP contribution in [0.15, 0.2) is 48.5 Å². The van der Waals surface area contributed by atoms with Gasteiger partial charge in [-0.15, -0.1) is 0 Å². The monoisotopic (exact) mass is 382 g/mol. The Hall–Kier alpha value is -3.22. The summed E-state index contributed by atoms with van der Waals surface area (Å²) in [5.74, 6) is 2.00. The molecule has 146 valence electrons. The first kappa shape index (κ1) is 18.2. The first-order valence-corrected chi connectivity index (χ1v) is 9.39. The number of carbonyl (C=O) groups is 2. The van der Waals surface area contributed by atoms with Crippen molar-refractivity contribution >= 4 is 12.0 Å². The van der Waals surface area contributed by atoms with Crippen molar-refractivity contribution in [3.63, 3.8) is 0 Å². The maximum atomic E-state index is 12.4. The lowest BCUT2D eigenvalue weighted by atomic mass is 9.97. The molecule has 2 aliphatic rings. The summed E-state index contributed by atoms with van der Waals surface area (Å²) >= 11 is 0. The molecule has 0 atom stereocenters. The lowest BCUT2D eigenvalue weighted by Gasteiger charge is -2.31. The van der Waals surface area contributed by atoms with Gasteiger partial charge in [0.05, 0.1) is 0 Å². The summed E-state index contributed by atoms with van der Waals surface area (Å²) in [6.07, 6.45) is 1.32. The van der Waals surface area contributed by atoms with Crippen LogP contribution >= 0.6 is 0 Å². The van der Waals surface area contributed by atoms with Crippen molar-refractivity contribution in [1.82, 2.24) is 10.2 Å². The third-order valence-corrected chi connectivity index (χ3v) is 5.01. The number of piperidine rings is 1. The van der Waals surface area contributed by atoms with E-state index >= 15 is 0 Å². The highest BCUT2D eigenvalue weighted by molar-refractivity contribution is 5.94. The fourth-order valence-electron chi connectivity index (χ4n) is 3.35. The lowest BCUT2D eigenvalue weighted by Crippen LogP contribution is -2.42. The summed E-state index contributed by atoms with van der Waals surface area (Å²) in [4.78, 5) is 26.3. The Kier molecular flexibility index (Phi) is 5.32. The van der Waals surface area contributed by atoms with Crippen LogP contribution in [0, 0.1) is 5.92 Å². The molecule has 2 aliphatic heterocycles. The average Bonchev–Trinajstić information content (AvgIpc) is 3.21. The molecule has 2 amide bonds. The van der Waals surface area contributed by atoms with E-state index in [-0.39, 0.29) is 18.8 Å². The van der Waals surface area contributed by atoms with Crippen molar-refractivity contribution in [2.75, 3.05) is 26.4 Å². The zero-order valence-corrected chi connectivity index (χ0v) is 15.4. The molecule has 7 heteroatoms. The van der Waals surface area contributed by atoms with E-state index in [1.165, 1.54) is 0 Å². The number of likely N-dealkylation sites (tertiary alicyclic amines) is 1. The lowest BCUT2D eigenvalue weighted by molar-refractivity contribution is 0.0931. The van der Waals surface area contributed by atoms with E-state index in [0.29, 0.717) is 48.4 Å². The highest BCUT2D eigenvalue weighted by Crippen LogP contribution is 2.32. The second kappa shape index (κ2) is 8.21. The Morgan fingerprint density at radius 2 is 1.79 bits per heavy atom. The molecular weight excluding hydrogens is 360 g/mol. The molecule has 0 spiro atoms. The number of para-hydroxylation sites is 1. The van der Waals surface area contributed by atoms with Gasteiger partial charge >= 0.3 is 6.09 Å². The summed E-state index contributed by atoms with van der Waals surface area (Å²) in [5, 5.41) is 2.97. The highest BCUT2D eigenvalue weighted by atomic mass is 16.7. The number of carbonyl (C=O) groups excluding carboxylic acids is 2. The van der Waals surface area contributed by atoms with Crippen LogP contribution in [0.1, 0.15) is 23.2 Å². The van der Waals surface area contributed by atoms with E-state index in [9.17, 15) is 9.59 Å². The normalized spacial score (nSPS) is 15.9. The van der Waals surface area contributed by atoms with E-state index in [1.54, 1.807) is 35.2 Å². The van der Waals surface area contributed by atoms with Crippen LogP contribution in [0.4, 0.5) is 4.79 Å². The minimum atomic E-state index is -0.325. The predicted molar refractivity (Wildman–Crippen MR) is 102 cm³/mol. The van der Waals surface area contributed by atoms with E-state index < -0.39 is 0 Å². The second-order valence-corrected chi connectivity index (χ2v) is 6.89. The van der Waals surface area contributed by atoms with Gasteiger partial charge in [-0.05, 0) is 49.1 Å². The largest absolute Gasteiger partial charge is 0.454 e. The molecule has 0 aromatic heterocycles. The van der Waals surface area contributed by atoms with Crippen molar-refractivity contribution in [1.29, 1.82) is 0 Å². The number of fused-ring (bicyclic) bond motifs is 1. The Labute approximate surface area is 163 Å². The van der Waals surface area contributed by atoms with Crippen LogP contribution in [0.2, 0.25) is 0 Å². The minimum Gasteiger partial charge on any atom is -0.454 e. The topological polar surface area (TPSA) is 77.1 Å². The molecule has 28 heavy (non-hydrogen) atoms. The first-order valence-electron chi connectivity index (χ1n) is 9.39. The number of hydrogen-bond acceptors (Lipinski definition) is 5. The number of nitrogens with zero attached hydrogens (tertiary/aromatic N) is 1. The molecule has 2 heterocycles. The molecule has 4 rings (SSSR count). The van der Waals surface area contributed by atoms with Crippen LogP contribution in [-0.4, -0.2) is 43.3 Å².